The molecule has 0 saturated heterocycles. The first kappa shape index (κ1) is 14.2. The first-order valence-corrected chi connectivity index (χ1v) is 6.37. The molecule has 0 aromatic heterocycles. The summed E-state index contributed by atoms with van der Waals surface area (Å²) in [5, 5.41) is 3.27. The summed E-state index contributed by atoms with van der Waals surface area (Å²) in [4.78, 5) is 0. The van der Waals surface area contributed by atoms with Gasteiger partial charge < -0.3 is 14.8 Å². The second-order valence-corrected chi connectivity index (χ2v) is 3.80. The van der Waals surface area contributed by atoms with Crippen LogP contribution in [-0.2, 0) is 0 Å². The lowest BCUT2D eigenvalue weighted by atomic mass is 10.2. The van der Waals surface area contributed by atoms with Crippen LogP contribution in [0.4, 0.5) is 5.69 Å². The van der Waals surface area contributed by atoms with E-state index in [-0.39, 0.29) is 6.04 Å². The quantitative estimate of drug-likeness (QED) is 0.750. The van der Waals surface area contributed by atoms with Gasteiger partial charge in [-0.15, -0.1) is 6.42 Å². The minimum absolute atomic E-state index is 0.0393. The summed E-state index contributed by atoms with van der Waals surface area (Å²) < 4.78 is 11.1. The number of terminal acetylenes is 1. The predicted octanol–water partition coefficient (Wildman–Crippen LogP) is 3.31. The molecule has 0 radical (unpaired) electrons. The molecule has 1 N–H and O–H groups in total. The monoisotopic (exact) mass is 247 g/mol. The normalized spacial score (nSPS) is 11.4. The summed E-state index contributed by atoms with van der Waals surface area (Å²) in [5.74, 6) is 4.22. The molecule has 1 aromatic rings. The summed E-state index contributed by atoms with van der Waals surface area (Å²) in [6.07, 6.45) is 6.32. The maximum absolute atomic E-state index is 5.56. The van der Waals surface area contributed by atoms with Crippen LogP contribution in [0.15, 0.2) is 18.2 Å². The van der Waals surface area contributed by atoms with Crippen LogP contribution in [0.5, 0.6) is 11.5 Å². The van der Waals surface area contributed by atoms with Gasteiger partial charge in [-0.25, -0.2) is 0 Å². The highest BCUT2D eigenvalue weighted by atomic mass is 16.5. The molecule has 1 aromatic carbocycles. The van der Waals surface area contributed by atoms with Crippen molar-refractivity contribution in [2.45, 2.75) is 33.2 Å². The molecule has 98 valence electrons. The molecule has 0 saturated carbocycles. The largest absolute Gasteiger partial charge is 0.490 e. The Morgan fingerprint density at radius 2 is 1.83 bits per heavy atom. The van der Waals surface area contributed by atoms with Crippen LogP contribution in [0.3, 0.4) is 0 Å². The molecular formula is C15H21NO2. The van der Waals surface area contributed by atoms with E-state index in [0.29, 0.717) is 13.2 Å². The highest BCUT2D eigenvalue weighted by Gasteiger charge is 2.08. The Balaban J connectivity index is 2.88. The second-order valence-electron chi connectivity index (χ2n) is 3.80. The Kier molecular flexibility index (Phi) is 5.93. The van der Waals surface area contributed by atoms with Crippen molar-refractivity contribution in [3.63, 3.8) is 0 Å². The number of rotatable bonds is 7. The SMILES string of the molecule is C#CC(CC)Nc1ccc(OCC)c(OCC)c1. The number of nitrogens with one attached hydrogen (secondary N) is 1. The van der Waals surface area contributed by atoms with Crippen molar-refractivity contribution < 1.29 is 9.47 Å². The zero-order valence-corrected chi connectivity index (χ0v) is 11.3. The van der Waals surface area contributed by atoms with E-state index in [9.17, 15) is 0 Å². The van der Waals surface area contributed by atoms with E-state index < -0.39 is 0 Å². The van der Waals surface area contributed by atoms with E-state index >= 15 is 0 Å². The van der Waals surface area contributed by atoms with Gasteiger partial charge in [-0.3, -0.25) is 0 Å². The van der Waals surface area contributed by atoms with Crippen molar-refractivity contribution >= 4 is 5.69 Å². The molecule has 1 unspecified atom stereocenters. The fourth-order valence-corrected chi connectivity index (χ4v) is 1.60. The Morgan fingerprint density at radius 3 is 2.39 bits per heavy atom. The third-order valence-corrected chi connectivity index (χ3v) is 2.49. The Hall–Kier alpha value is -1.82. The molecule has 18 heavy (non-hydrogen) atoms. The standard InChI is InChI=1S/C15H21NO2/c1-5-12(6-2)16-13-9-10-14(17-7-3)15(11-13)18-8-4/h1,9-12,16H,6-8H2,2-4H3. The average Bonchev–Trinajstić information content (AvgIpc) is 2.39. The summed E-state index contributed by atoms with van der Waals surface area (Å²) in [6, 6.07) is 5.82. The average molecular weight is 247 g/mol. The zero-order chi connectivity index (χ0) is 13.4. The van der Waals surface area contributed by atoms with Gasteiger partial charge in [0.15, 0.2) is 11.5 Å². The van der Waals surface area contributed by atoms with E-state index in [4.69, 9.17) is 15.9 Å². The second kappa shape index (κ2) is 7.50. The molecule has 0 aliphatic rings. The van der Waals surface area contributed by atoms with Crippen LogP contribution in [0, 0.1) is 12.3 Å². The molecule has 0 aliphatic heterocycles. The lowest BCUT2D eigenvalue weighted by Gasteiger charge is -2.16. The summed E-state index contributed by atoms with van der Waals surface area (Å²) in [5.41, 5.74) is 0.951. The van der Waals surface area contributed by atoms with Gasteiger partial charge >= 0.3 is 0 Å². The third kappa shape index (κ3) is 3.89. The van der Waals surface area contributed by atoms with Crippen molar-refractivity contribution in [3.05, 3.63) is 18.2 Å². The third-order valence-electron chi connectivity index (χ3n) is 2.49. The lowest BCUT2D eigenvalue weighted by molar-refractivity contribution is 0.288. The van der Waals surface area contributed by atoms with Crippen molar-refractivity contribution in [1.82, 2.24) is 0 Å². The van der Waals surface area contributed by atoms with Crippen LogP contribution in [0.2, 0.25) is 0 Å². The summed E-state index contributed by atoms with van der Waals surface area (Å²) >= 11 is 0. The highest BCUT2D eigenvalue weighted by Crippen LogP contribution is 2.30. The minimum Gasteiger partial charge on any atom is -0.490 e. The van der Waals surface area contributed by atoms with Gasteiger partial charge in [0.2, 0.25) is 0 Å². The number of hydrogen-bond donors (Lipinski definition) is 1. The molecule has 1 rings (SSSR count). The molecule has 3 nitrogen and oxygen atoms in total. The van der Waals surface area contributed by atoms with Crippen molar-refractivity contribution in [2.24, 2.45) is 0 Å². The van der Waals surface area contributed by atoms with Crippen LogP contribution in [0.25, 0.3) is 0 Å². The van der Waals surface area contributed by atoms with Gasteiger partial charge in [-0.05, 0) is 32.4 Å². The van der Waals surface area contributed by atoms with Crippen molar-refractivity contribution in [2.75, 3.05) is 18.5 Å². The Labute approximate surface area is 109 Å². The number of ether oxygens (including phenoxy) is 2. The summed E-state index contributed by atoms with van der Waals surface area (Å²) in [6.45, 7) is 7.18. The maximum Gasteiger partial charge on any atom is 0.163 e. The van der Waals surface area contributed by atoms with Gasteiger partial charge in [0.1, 0.15) is 0 Å². The molecule has 0 heterocycles. The van der Waals surface area contributed by atoms with Crippen LogP contribution >= 0.6 is 0 Å². The fourth-order valence-electron chi connectivity index (χ4n) is 1.60. The minimum atomic E-state index is 0.0393. The molecule has 0 amide bonds. The number of benzene rings is 1. The molecular weight excluding hydrogens is 226 g/mol. The van der Waals surface area contributed by atoms with Crippen LogP contribution in [0.1, 0.15) is 27.2 Å². The van der Waals surface area contributed by atoms with Crippen LogP contribution < -0.4 is 14.8 Å². The van der Waals surface area contributed by atoms with Gasteiger partial charge in [-0.1, -0.05) is 12.8 Å². The van der Waals surface area contributed by atoms with Crippen LogP contribution in [-0.4, -0.2) is 19.3 Å². The van der Waals surface area contributed by atoms with Crippen molar-refractivity contribution in [3.8, 4) is 23.8 Å². The van der Waals surface area contributed by atoms with Gasteiger partial charge in [0, 0.05) is 11.8 Å². The van der Waals surface area contributed by atoms with Gasteiger partial charge in [-0.2, -0.15) is 0 Å². The molecule has 3 heteroatoms. The summed E-state index contributed by atoms with van der Waals surface area (Å²) in [7, 11) is 0. The highest BCUT2D eigenvalue weighted by molar-refractivity contribution is 5.55. The molecule has 0 spiro atoms. The molecule has 0 fully saturated rings. The maximum atomic E-state index is 5.56. The first-order chi connectivity index (χ1) is 8.74. The van der Waals surface area contributed by atoms with Gasteiger partial charge in [0.25, 0.3) is 0 Å². The number of anilines is 1. The topological polar surface area (TPSA) is 30.5 Å². The Morgan fingerprint density at radius 1 is 1.17 bits per heavy atom. The smallest absolute Gasteiger partial charge is 0.163 e. The van der Waals surface area contributed by atoms with Crippen molar-refractivity contribution in [1.29, 1.82) is 0 Å². The predicted molar refractivity (Wildman–Crippen MR) is 75.3 cm³/mol. The van der Waals surface area contributed by atoms with Gasteiger partial charge in [0.05, 0.1) is 19.3 Å². The van der Waals surface area contributed by atoms with E-state index in [1.807, 2.05) is 32.0 Å². The number of hydrogen-bond acceptors (Lipinski definition) is 3. The fraction of sp³-hybridized carbons (Fsp3) is 0.467. The first-order valence-electron chi connectivity index (χ1n) is 6.37. The van der Waals surface area contributed by atoms with E-state index in [2.05, 4.69) is 18.2 Å². The Bertz CT molecular complexity index is 409. The molecule has 0 bridgehead atoms. The lowest BCUT2D eigenvalue weighted by Crippen LogP contribution is -2.15. The zero-order valence-electron chi connectivity index (χ0n) is 11.3. The van der Waals surface area contributed by atoms with E-state index in [1.54, 1.807) is 0 Å². The van der Waals surface area contributed by atoms with E-state index in [1.165, 1.54) is 0 Å². The van der Waals surface area contributed by atoms with E-state index in [0.717, 1.165) is 23.6 Å². The molecule has 0 aliphatic carbocycles. The molecule has 1 atom stereocenters.